The molecule has 1 unspecified atom stereocenters. The van der Waals surface area contributed by atoms with Gasteiger partial charge in [0.15, 0.2) is 0 Å². The first-order valence-electron chi connectivity index (χ1n) is 10.2. The van der Waals surface area contributed by atoms with Crippen molar-refractivity contribution in [3.05, 3.63) is 58.4 Å². The van der Waals surface area contributed by atoms with Gasteiger partial charge in [-0.1, -0.05) is 11.6 Å². The van der Waals surface area contributed by atoms with Gasteiger partial charge in [0.25, 0.3) is 5.91 Å². The predicted octanol–water partition coefficient (Wildman–Crippen LogP) is 4.02. The molecule has 0 radical (unpaired) electrons. The maximum atomic E-state index is 13.0. The molecule has 1 aliphatic heterocycles. The van der Waals surface area contributed by atoms with Crippen molar-refractivity contribution in [3.8, 4) is 5.75 Å². The fourth-order valence-corrected chi connectivity index (χ4v) is 3.79. The van der Waals surface area contributed by atoms with Crippen LogP contribution in [-0.2, 0) is 4.79 Å². The second-order valence-corrected chi connectivity index (χ2v) is 8.16. The van der Waals surface area contributed by atoms with Gasteiger partial charge in [-0.05, 0) is 62.6 Å². The number of hydrogen-bond donors (Lipinski definition) is 2. The van der Waals surface area contributed by atoms with Crippen molar-refractivity contribution in [2.24, 2.45) is 0 Å². The standard InChI is InChI=1S/C23H27ClFN3O3/c1-14-12-20(21(31-3)13-19(14)24)27-22(29)15(2)28-10-8-18(9-11-28)26-23(30)16-4-6-17(25)7-5-16/h4-7,12-13,15,18H,8-11H2,1-3H3,(H,26,30)(H,27,29). The molecular weight excluding hydrogens is 421 g/mol. The molecule has 166 valence electrons. The lowest BCUT2D eigenvalue weighted by Gasteiger charge is -2.35. The lowest BCUT2D eigenvalue weighted by Crippen LogP contribution is -2.50. The highest BCUT2D eigenvalue weighted by Gasteiger charge is 2.28. The Labute approximate surface area is 186 Å². The topological polar surface area (TPSA) is 70.7 Å². The summed E-state index contributed by atoms with van der Waals surface area (Å²) in [7, 11) is 1.53. The fraction of sp³-hybridized carbons (Fsp3) is 0.391. The van der Waals surface area contributed by atoms with E-state index in [1.807, 2.05) is 13.8 Å². The first kappa shape index (κ1) is 23.0. The Morgan fingerprint density at radius 3 is 2.45 bits per heavy atom. The van der Waals surface area contributed by atoms with Gasteiger partial charge in [0.2, 0.25) is 5.91 Å². The van der Waals surface area contributed by atoms with Crippen molar-refractivity contribution in [1.82, 2.24) is 10.2 Å². The summed E-state index contributed by atoms with van der Waals surface area (Å²) in [6.45, 7) is 5.09. The molecule has 1 atom stereocenters. The van der Waals surface area contributed by atoms with Crippen LogP contribution >= 0.6 is 11.6 Å². The molecule has 0 aliphatic carbocycles. The van der Waals surface area contributed by atoms with Crippen LogP contribution in [0.1, 0.15) is 35.7 Å². The van der Waals surface area contributed by atoms with Crippen LogP contribution in [0.5, 0.6) is 5.75 Å². The minimum atomic E-state index is -0.372. The highest BCUT2D eigenvalue weighted by molar-refractivity contribution is 6.31. The number of benzene rings is 2. The van der Waals surface area contributed by atoms with Crippen LogP contribution in [0.25, 0.3) is 0 Å². The molecule has 0 saturated carbocycles. The first-order valence-corrected chi connectivity index (χ1v) is 10.6. The summed E-state index contributed by atoms with van der Waals surface area (Å²) in [5.74, 6) is -0.204. The number of aryl methyl sites for hydroxylation is 1. The Balaban J connectivity index is 1.53. The van der Waals surface area contributed by atoms with E-state index in [4.69, 9.17) is 16.3 Å². The smallest absolute Gasteiger partial charge is 0.251 e. The first-order chi connectivity index (χ1) is 14.8. The molecule has 0 spiro atoms. The average molecular weight is 448 g/mol. The molecule has 2 amide bonds. The van der Waals surface area contributed by atoms with Gasteiger partial charge < -0.3 is 15.4 Å². The molecule has 6 nitrogen and oxygen atoms in total. The van der Waals surface area contributed by atoms with Crippen molar-refractivity contribution in [1.29, 1.82) is 0 Å². The molecule has 1 heterocycles. The molecule has 3 rings (SSSR count). The van der Waals surface area contributed by atoms with Crippen molar-refractivity contribution in [2.75, 3.05) is 25.5 Å². The quantitative estimate of drug-likeness (QED) is 0.701. The van der Waals surface area contributed by atoms with E-state index in [1.54, 1.807) is 12.1 Å². The van der Waals surface area contributed by atoms with Gasteiger partial charge in [0, 0.05) is 35.8 Å². The van der Waals surface area contributed by atoms with Gasteiger partial charge in [0.1, 0.15) is 11.6 Å². The van der Waals surface area contributed by atoms with Crippen LogP contribution < -0.4 is 15.4 Å². The molecule has 8 heteroatoms. The van der Waals surface area contributed by atoms with Crippen LogP contribution in [0.3, 0.4) is 0 Å². The minimum Gasteiger partial charge on any atom is -0.495 e. The van der Waals surface area contributed by atoms with E-state index in [1.165, 1.54) is 31.4 Å². The van der Waals surface area contributed by atoms with E-state index >= 15 is 0 Å². The molecule has 31 heavy (non-hydrogen) atoms. The number of halogens is 2. The maximum Gasteiger partial charge on any atom is 0.251 e. The highest BCUT2D eigenvalue weighted by atomic mass is 35.5. The van der Waals surface area contributed by atoms with Gasteiger partial charge in [-0.15, -0.1) is 0 Å². The Morgan fingerprint density at radius 1 is 1.19 bits per heavy atom. The van der Waals surface area contributed by atoms with Crippen molar-refractivity contribution in [3.63, 3.8) is 0 Å². The summed E-state index contributed by atoms with van der Waals surface area (Å²) in [5, 5.41) is 6.50. The largest absolute Gasteiger partial charge is 0.495 e. The Hall–Kier alpha value is -2.64. The molecule has 2 aromatic rings. The van der Waals surface area contributed by atoms with E-state index in [9.17, 15) is 14.0 Å². The Bertz CT molecular complexity index is 944. The van der Waals surface area contributed by atoms with E-state index < -0.39 is 0 Å². The van der Waals surface area contributed by atoms with Crippen molar-refractivity contribution in [2.45, 2.75) is 38.8 Å². The number of hydrogen-bond acceptors (Lipinski definition) is 4. The van der Waals surface area contributed by atoms with Crippen LogP contribution in [0.15, 0.2) is 36.4 Å². The minimum absolute atomic E-state index is 0.0167. The summed E-state index contributed by atoms with van der Waals surface area (Å²) in [5.41, 5.74) is 1.87. The maximum absolute atomic E-state index is 13.0. The zero-order valence-corrected chi connectivity index (χ0v) is 18.6. The number of ether oxygens (including phenoxy) is 1. The third kappa shape index (κ3) is 5.74. The number of nitrogens with zero attached hydrogens (tertiary/aromatic N) is 1. The number of piperidine rings is 1. The van der Waals surface area contributed by atoms with Gasteiger partial charge in [-0.25, -0.2) is 4.39 Å². The lowest BCUT2D eigenvalue weighted by atomic mass is 10.0. The Kier molecular flexibility index (Phi) is 7.51. The van der Waals surface area contributed by atoms with E-state index in [2.05, 4.69) is 15.5 Å². The highest BCUT2D eigenvalue weighted by Crippen LogP contribution is 2.31. The van der Waals surface area contributed by atoms with Crippen molar-refractivity contribution >= 4 is 29.1 Å². The van der Waals surface area contributed by atoms with Gasteiger partial charge >= 0.3 is 0 Å². The van der Waals surface area contributed by atoms with Gasteiger partial charge in [-0.2, -0.15) is 0 Å². The number of nitrogens with one attached hydrogen (secondary N) is 2. The van der Waals surface area contributed by atoms with Crippen LogP contribution in [-0.4, -0.2) is 49.0 Å². The number of methoxy groups -OCH3 is 1. The summed E-state index contributed by atoms with van der Waals surface area (Å²) in [6, 6.07) is 8.65. The molecule has 2 N–H and O–H groups in total. The SMILES string of the molecule is COc1cc(Cl)c(C)cc1NC(=O)C(C)N1CCC(NC(=O)c2ccc(F)cc2)CC1. The van der Waals surface area contributed by atoms with Gasteiger partial charge in [-0.3, -0.25) is 14.5 Å². The Morgan fingerprint density at radius 2 is 1.84 bits per heavy atom. The zero-order valence-electron chi connectivity index (χ0n) is 17.9. The molecule has 1 fully saturated rings. The van der Waals surface area contributed by atoms with Crippen molar-refractivity contribution < 1.29 is 18.7 Å². The summed E-state index contributed by atoms with van der Waals surface area (Å²) in [4.78, 5) is 27.2. The second kappa shape index (κ2) is 10.1. The zero-order chi connectivity index (χ0) is 22.5. The monoisotopic (exact) mass is 447 g/mol. The molecule has 1 aliphatic rings. The summed E-state index contributed by atoms with van der Waals surface area (Å²) in [6.07, 6.45) is 1.46. The number of carbonyl (C=O) groups excluding carboxylic acids is 2. The number of anilines is 1. The van der Waals surface area contributed by atoms with Crippen LogP contribution in [0, 0.1) is 12.7 Å². The van der Waals surface area contributed by atoms with E-state index in [0.29, 0.717) is 35.1 Å². The predicted molar refractivity (Wildman–Crippen MR) is 119 cm³/mol. The third-order valence-electron chi connectivity index (χ3n) is 5.64. The fourth-order valence-electron chi connectivity index (χ4n) is 3.63. The molecular formula is C23H27ClFN3O3. The van der Waals surface area contributed by atoms with E-state index in [-0.39, 0.29) is 29.7 Å². The molecule has 0 aromatic heterocycles. The van der Waals surface area contributed by atoms with Gasteiger partial charge in [0.05, 0.1) is 18.8 Å². The molecule has 2 aromatic carbocycles. The average Bonchev–Trinajstić information content (AvgIpc) is 2.76. The van der Waals surface area contributed by atoms with E-state index in [0.717, 1.165) is 18.4 Å². The second-order valence-electron chi connectivity index (χ2n) is 7.76. The number of likely N-dealkylation sites (tertiary alicyclic amines) is 1. The summed E-state index contributed by atoms with van der Waals surface area (Å²) >= 11 is 6.13. The van der Waals surface area contributed by atoms with Crippen LogP contribution in [0.2, 0.25) is 5.02 Å². The lowest BCUT2D eigenvalue weighted by molar-refractivity contribution is -0.121. The normalized spacial score (nSPS) is 15.9. The third-order valence-corrected chi connectivity index (χ3v) is 6.04. The van der Waals surface area contributed by atoms with Crippen LogP contribution in [0.4, 0.5) is 10.1 Å². The summed E-state index contributed by atoms with van der Waals surface area (Å²) < 4.78 is 18.4. The number of amides is 2. The number of rotatable bonds is 6. The molecule has 1 saturated heterocycles. The number of carbonyl (C=O) groups is 2. The molecule has 0 bridgehead atoms.